The fourth-order valence-corrected chi connectivity index (χ4v) is 3.82. The van der Waals surface area contributed by atoms with Gasteiger partial charge in [-0.1, -0.05) is 35.3 Å². The summed E-state index contributed by atoms with van der Waals surface area (Å²) in [6.07, 6.45) is -4.07. The number of alkyl halides is 3. The second-order valence-electron chi connectivity index (χ2n) is 6.80. The van der Waals surface area contributed by atoms with Gasteiger partial charge in [0.05, 0.1) is 29.2 Å². The first-order valence-electron chi connectivity index (χ1n) is 8.39. The summed E-state index contributed by atoms with van der Waals surface area (Å²) in [4.78, 5) is 11.2. The fourth-order valence-electron chi connectivity index (χ4n) is 3.35. The van der Waals surface area contributed by atoms with E-state index in [1.54, 1.807) is 18.2 Å². The van der Waals surface area contributed by atoms with Crippen molar-refractivity contribution in [3.63, 3.8) is 0 Å². The van der Waals surface area contributed by atoms with Crippen molar-refractivity contribution >= 4 is 40.1 Å². The van der Waals surface area contributed by atoms with Crippen LogP contribution in [0.4, 0.5) is 13.2 Å². The maximum atomic E-state index is 13.2. The molecule has 1 heterocycles. The maximum absolute atomic E-state index is 13.2. The average Bonchev–Trinajstić information content (AvgIpc) is 3.33. The van der Waals surface area contributed by atoms with Crippen LogP contribution in [0.5, 0.6) is 0 Å². The summed E-state index contributed by atoms with van der Waals surface area (Å²) in [5.74, 6) is -1.80. The summed E-state index contributed by atoms with van der Waals surface area (Å²) in [7, 11) is 0. The lowest BCUT2D eigenvalue weighted by Gasteiger charge is -2.09. The van der Waals surface area contributed by atoms with E-state index in [1.807, 2.05) is 0 Å². The van der Waals surface area contributed by atoms with E-state index in [9.17, 15) is 23.1 Å². The van der Waals surface area contributed by atoms with E-state index in [0.717, 1.165) is 12.1 Å². The third-order valence-corrected chi connectivity index (χ3v) is 5.49. The number of nitrogens with zero attached hydrogens (tertiary/aromatic N) is 2. The zero-order chi connectivity index (χ0) is 20.2. The monoisotopic (exact) mass is 428 g/mol. The van der Waals surface area contributed by atoms with E-state index < -0.39 is 23.6 Å². The van der Waals surface area contributed by atoms with Gasteiger partial charge in [-0.05, 0) is 36.2 Å². The number of benzene rings is 2. The lowest BCUT2D eigenvalue weighted by molar-refractivity contribution is -0.139. The maximum Gasteiger partial charge on any atom is 0.416 e. The van der Waals surface area contributed by atoms with Crippen LogP contribution in [0.15, 0.2) is 36.4 Å². The van der Waals surface area contributed by atoms with E-state index in [0.29, 0.717) is 33.1 Å². The van der Waals surface area contributed by atoms with Gasteiger partial charge < -0.3 is 5.11 Å². The van der Waals surface area contributed by atoms with Crippen molar-refractivity contribution < 1.29 is 23.1 Å². The molecular weight excluding hydrogens is 416 g/mol. The Balaban J connectivity index is 1.82. The summed E-state index contributed by atoms with van der Waals surface area (Å²) < 4.78 is 41.0. The predicted octanol–water partition coefficient (Wildman–Crippen LogP) is 5.60. The molecule has 9 heteroatoms. The van der Waals surface area contributed by atoms with E-state index in [1.165, 1.54) is 10.7 Å². The van der Waals surface area contributed by atoms with E-state index >= 15 is 0 Å². The van der Waals surface area contributed by atoms with Gasteiger partial charge in [0, 0.05) is 21.3 Å². The van der Waals surface area contributed by atoms with Crippen LogP contribution in [0.3, 0.4) is 0 Å². The Kier molecular flexibility index (Phi) is 4.55. The van der Waals surface area contributed by atoms with Crippen molar-refractivity contribution in [1.29, 1.82) is 0 Å². The predicted molar refractivity (Wildman–Crippen MR) is 98.8 cm³/mol. The molecule has 3 aromatic rings. The van der Waals surface area contributed by atoms with E-state index in [-0.39, 0.29) is 18.0 Å². The van der Waals surface area contributed by atoms with Crippen LogP contribution in [0.25, 0.3) is 10.9 Å². The van der Waals surface area contributed by atoms with Crippen LogP contribution in [0.2, 0.25) is 10.0 Å². The summed E-state index contributed by atoms with van der Waals surface area (Å²) in [5.41, 5.74) is 0.638. The molecule has 1 saturated carbocycles. The molecule has 0 unspecified atom stereocenters. The minimum absolute atomic E-state index is 0.137. The molecule has 0 saturated heterocycles. The lowest BCUT2D eigenvalue weighted by Crippen LogP contribution is -2.06. The molecule has 1 aromatic heterocycles. The third kappa shape index (κ3) is 3.44. The smallest absolute Gasteiger partial charge is 0.416 e. The molecule has 0 spiro atoms. The molecule has 1 aliphatic rings. The molecule has 0 radical (unpaired) electrons. The zero-order valence-electron chi connectivity index (χ0n) is 14.2. The lowest BCUT2D eigenvalue weighted by atomic mass is 10.1. The van der Waals surface area contributed by atoms with Gasteiger partial charge in [0.15, 0.2) is 0 Å². The number of fused-ring (bicyclic) bond motifs is 1. The minimum atomic E-state index is -4.50. The van der Waals surface area contributed by atoms with Gasteiger partial charge in [0.2, 0.25) is 0 Å². The Morgan fingerprint density at radius 3 is 2.57 bits per heavy atom. The molecule has 0 amide bonds. The normalized spacial score (nSPS) is 19.2. The highest BCUT2D eigenvalue weighted by molar-refractivity contribution is 6.35. The summed E-state index contributed by atoms with van der Waals surface area (Å²) in [6.45, 7) is 0.137. The molecule has 1 fully saturated rings. The Bertz CT molecular complexity index is 1090. The largest absolute Gasteiger partial charge is 0.481 e. The Morgan fingerprint density at radius 2 is 1.96 bits per heavy atom. The highest BCUT2D eigenvalue weighted by Crippen LogP contribution is 2.49. The number of hydrogen-bond donors (Lipinski definition) is 1. The molecule has 28 heavy (non-hydrogen) atoms. The third-order valence-electron chi connectivity index (χ3n) is 4.90. The first-order valence-corrected chi connectivity index (χ1v) is 9.15. The number of carboxylic acid groups (broad SMARTS) is 1. The molecule has 0 bridgehead atoms. The van der Waals surface area contributed by atoms with Gasteiger partial charge in [-0.15, -0.1) is 0 Å². The van der Waals surface area contributed by atoms with Gasteiger partial charge in [-0.25, -0.2) is 0 Å². The Morgan fingerprint density at radius 1 is 1.21 bits per heavy atom. The molecule has 0 aliphatic heterocycles. The number of rotatable bonds is 4. The molecule has 4 rings (SSSR count). The highest BCUT2D eigenvalue weighted by atomic mass is 35.5. The van der Waals surface area contributed by atoms with Crippen LogP contribution < -0.4 is 0 Å². The van der Waals surface area contributed by atoms with Crippen molar-refractivity contribution in [2.24, 2.45) is 5.92 Å². The summed E-state index contributed by atoms with van der Waals surface area (Å²) in [5, 5.41) is 15.0. The number of carboxylic acids is 1. The van der Waals surface area contributed by atoms with Crippen molar-refractivity contribution in [2.75, 3.05) is 0 Å². The number of halogens is 5. The summed E-state index contributed by atoms with van der Waals surface area (Å²) in [6, 6.07) is 8.25. The van der Waals surface area contributed by atoms with E-state index in [2.05, 4.69) is 5.10 Å². The Labute approximate surface area is 167 Å². The van der Waals surface area contributed by atoms with Gasteiger partial charge in [-0.2, -0.15) is 18.3 Å². The second-order valence-corrected chi connectivity index (χ2v) is 7.64. The number of hydrogen-bond acceptors (Lipinski definition) is 2. The van der Waals surface area contributed by atoms with Crippen molar-refractivity contribution in [2.45, 2.75) is 25.1 Å². The average molecular weight is 429 g/mol. The van der Waals surface area contributed by atoms with Crippen LogP contribution in [0, 0.1) is 5.92 Å². The quantitative estimate of drug-likeness (QED) is 0.588. The van der Waals surface area contributed by atoms with E-state index in [4.69, 9.17) is 23.2 Å². The van der Waals surface area contributed by atoms with Crippen LogP contribution in [-0.2, 0) is 17.5 Å². The van der Waals surface area contributed by atoms with Crippen molar-refractivity contribution in [3.05, 3.63) is 63.3 Å². The fraction of sp³-hybridized carbons (Fsp3) is 0.263. The molecule has 1 N–H and O–H groups in total. The van der Waals surface area contributed by atoms with Gasteiger partial charge in [0.1, 0.15) is 0 Å². The van der Waals surface area contributed by atoms with Crippen LogP contribution in [0.1, 0.15) is 29.2 Å². The van der Waals surface area contributed by atoms with Crippen molar-refractivity contribution in [1.82, 2.24) is 9.78 Å². The first kappa shape index (κ1) is 19.1. The summed E-state index contributed by atoms with van der Waals surface area (Å²) >= 11 is 12.1. The van der Waals surface area contributed by atoms with Crippen LogP contribution >= 0.6 is 23.2 Å². The minimum Gasteiger partial charge on any atom is -0.481 e. The van der Waals surface area contributed by atoms with Crippen molar-refractivity contribution in [3.8, 4) is 0 Å². The topological polar surface area (TPSA) is 55.1 Å². The zero-order valence-corrected chi connectivity index (χ0v) is 15.7. The molecule has 2 aromatic carbocycles. The standard InChI is InChI=1S/C19H13Cl2F3N2O2/c20-11-3-1-9(15(21)6-11)8-26-16-5-10(19(22,23)24)2-4-12(16)17(25-26)13-7-14(13)18(27)28/h1-6,13-14H,7-8H2,(H,27,28)/t13-,14-/m1/s1. The molecule has 146 valence electrons. The van der Waals surface area contributed by atoms with Gasteiger partial charge >= 0.3 is 12.1 Å². The number of aromatic nitrogens is 2. The van der Waals surface area contributed by atoms with Crippen LogP contribution in [-0.4, -0.2) is 20.9 Å². The molecule has 2 atom stereocenters. The van der Waals surface area contributed by atoms with Gasteiger partial charge in [0.25, 0.3) is 0 Å². The second kappa shape index (κ2) is 6.67. The Hall–Kier alpha value is -2.25. The first-order chi connectivity index (χ1) is 13.1. The molecule has 4 nitrogen and oxygen atoms in total. The van der Waals surface area contributed by atoms with Gasteiger partial charge in [-0.3, -0.25) is 9.48 Å². The number of carbonyl (C=O) groups is 1. The molecule has 1 aliphatic carbocycles. The molecular formula is C19H13Cl2F3N2O2. The SMILES string of the molecule is O=C(O)[C@@H]1C[C@H]1c1nn(Cc2ccc(Cl)cc2Cl)c2cc(C(F)(F)F)ccc12. The number of aliphatic carboxylic acids is 1. The highest BCUT2D eigenvalue weighted by Gasteiger charge is 2.47.